The van der Waals surface area contributed by atoms with Crippen molar-refractivity contribution in [1.29, 1.82) is 5.41 Å². The van der Waals surface area contributed by atoms with Gasteiger partial charge in [-0.05, 0) is 79.2 Å². The van der Waals surface area contributed by atoms with Crippen LogP contribution in [0.15, 0.2) is 42.5 Å². The van der Waals surface area contributed by atoms with Crippen molar-refractivity contribution in [3.8, 4) is 0 Å². The molecule has 1 saturated carbocycles. The molecule has 2 aliphatic rings. The number of nitrogens with one attached hydrogen (secondary N) is 4. The first kappa shape index (κ1) is 27.9. The molecule has 0 spiro atoms. The van der Waals surface area contributed by atoms with Crippen LogP contribution in [0.4, 0.5) is 0 Å². The number of amides is 2. The number of hydrogen-bond donors (Lipinski definition) is 5. The van der Waals surface area contributed by atoms with Gasteiger partial charge in [-0.1, -0.05) is 44.2 Å². The smallest absolute Gasteiger partial charge is 0.251 e. The first-order valence-electron chi connectivity index (χ1n) is 14.2. The van der Waals surface area contributed by atoms with Gasteiger partial charge in [-0.15, -0.1) is 0 Å². The van der Waals surface area contributed by atoms with Crippen LogP contribution < -0.4 is 21.7 Å². The molecular formula is C30H44N6O2. The highest BCUT2D eigenvalue weighted by Gasteiger charge is 2.33. The highest BCUT2D eigenvalue weighted by atomic mass is 16.2. The van der Waals surface area contributed by atoms with Crippen molar-refractivity contribution in [2.45, 2.75) is 64.5 Å². The third-order valence-corrected chi connectivity index (χ3v) is 8.05. The number of carbonyl (C=O) groups excluding carboxylic acids is 2. The lowest BCUT2D eigenvalue weighted by atomic mass is 9.76. The second kappa shape index (κ2) is 13.1. The van der Waals surface area contributed by atoms with E-state index in [1.54, 1.807) is 0 Å². The van der Waals surface area contributed by atoms with E-state index < -0.39 is 0 Å². The average molecular weight is 521 g/mol. The summed E-state index contributed by atoms with van der Waals surface area (Å²) in [5.74, 6) is 1.95. The Morgan fingerprint density at radius 1 is 1.08 bits per heavy atom. The molecule has 0 radical (unpaired) electrons. The maximum atomic E-state index is 13.6. The fraction of sp³-hybridized carbons (Fsp3) is 0.567. The van der Waals surface area contributed by atoms with Gasteiger partial charge in [0.2, 0.25) is 5.91 Å². The Morgan fingerprint density at radius 2 is 1.82 bits per heavy atom. The number of hydrogen-bond acceptors (Lipinski definition) is 4. The van der Waals surface area contributed by atoms with Crippen LogP contribution in [-0.4, -0.2) is 60.9 Å². The highest BCUT2D eigenvalue weighted by Crippen LogP contribution is 2.33. The van der Waals surface area contributed by atoms with Crippen molar-refractivity contribution in [2.24, 2.45) is 23.5 Å². The Hall–Kier alpha value is -3.13. The number of rotatable bonds is 9. The van der Waals surface area contributed by atoms with E-state index in [4.69, 9.17) is 11.1 Å². The van der Waals surface area contributed by atoms with Crippen molar-refractivity contribution in [3.05, 3.63) is 48.0 Å². The van der Waals surface area contributed by atoms with E-state index in [-0.39, 0.29) is 29.9 Å². The lowest BCUT2D eigenvalue weighted by Gasteiger charge is -2.35. The molecule has 4 atom stereocenters. The molecule has 2 aromatic carbocycles. The zero-order chi connectivity index (χ0) is 27.1. The summed E-state index contributed by atoms with van der Waals surface area (Å²) in [6.45, 7) is 7.19. The van der Waals surface area contributed by atoms with Crippen molar-refractivity contribution in [3.63, 3.8) is 0 Å². The first-order chi connectivity index (χ1) is 18.3. The zero-order valence-electron chi connectivity index (χ0n) is 22.8. The predicted octanol–water partition coefficient (Wildman–Crippen LogP) is 3.46. The van der Waals surface area contributed by atoms with Crippen LogP contribution >= 0.6 is 0 Å². The quantitative estimate of drug-likeness (QED) is 0.197. The monoisotopic (exact) mass is 520 g/mol. The van der Waals surface area contributed by atoms with Gasteiger partial charge < -0.3 is 26.6 Å². The van der Waals surface area contributed by atoms with E-state index >= 15 is 0 Å². The molecule has 0 bridgehead atoms. The van der Waals surface area contributed by atoms with Gasteiger partial charge in [0, 0.05) is 37.8 Å². The van der Waals surface area contributed by atoms with Crippen LogP contribution in [-0.2, 0) is 4.79 Å². The van der Waals surface area contributed by atoms with Crippen LogP contribution in [0, 0.1) is 23.2 Å². The second-order valence-electron chi connectivity index (χ2n) is 11.5. The Morgan fingerprint density at radius 3 is 2.55 bits per heavy atom. The molecule has 38 heavy (non-hydrogen) atoms. The lowest BCUT2D eigenvalue weighted by molar-refractivity contribution is -0.133. The number of nitrogens with two attached hydrogens (primary N) is 1. The molecule has 0 aromatic heterocycles. The number of nitrogens with zero attached hydrogens (tertiary/aromatic N) is 1. The van der Waals surface area contributed by atoms with Gasteiger partial charge in [0.25, 0.3) is 5.91 Å². The molecular weight excluding hydrogens is 476 g/mol. The van der Waals surface area contributed by atoms with Gasteiger partial charge in [0.1, 0.15) is 0 Å². The Bertz CT molecular complexity index is 1110. The summed E-state index contributed by atoms with van der Waals surface area (Å²) >= 11 is 0. The van der Waals surface area contributed by atoms with E-state index in [9.17, 15) is 9.59 Å². The summed E-state index contributed by atoms with van der Waals surface area (Å²) in [5, 5.41) is 19.0. The molecule has 2 fully saturated rings. The van der Waals surface area contributed by atoms with E-state index in [0.717, 1.165) is 30.2 Å². The van der Waals surface area contributed by atoms with E-state index in [2.05, 4.69) is 34.7 Å². The van der Waals surface area contributed by atoms with Crippen molar-refractivity contribution in [1.82, 2.24) is 20.9 Å². The number of fused-ring (bicyclic) bond motifs is 1. The molecule has 2 aromatic rings. The molecule has 8 heteroatoms. The fourth-order valence-corrected chi connectivity index (χ4v) is 6.38. The van der Waals surface area contributed by atoms with Crippen LogP contribution in [0.25, 0.3) is 10.8 Å². The number of carbonyl (C=O) groups is 2. The summed E-state index contributed by atoms with van der Waals surface area (Å²) in [6.07, 6.45) is 5.81. The minimum absolute atomic E-state index is 0.00308. The Labute approximate surface area is 226 Å². The van der Waals surface area contributed by atoms with Gasteiger partial charge in [0.05, 0.1) is 6.04 Å². The molecule has 4 rings (SSSR count). The molecule has 8 nitrogen and oxygen atoms in total. The molecule has 1 saturated heterocycles. The lowest BCUT2D eigenvalue weighted by Crippen LogP contribution is -2.49. The standard InChI is InChI=1S/C30H44N6O2/c1-20-14-21(2)16-22(15-20)19-36-13-11-26(35-27(29(36)38)8-5-12-33-30(31)32)18-34-28(37)25-10-9-23-6-3-4-7-24(23)17-25/h3-4,6-7,9-10,17,20-22,26-27,35H,5,8,11-16,18-19H2,1-2H3,(H,34,37)(H4,31,32,33)/t20?,21?,22?,26-,27-/m0/s1. The molecule has 1 aliphatic carbocycles. The summed E-state index contributed by atoms with van der Waals surface area (Å²) < 4.78 is 0. The zero-order valence-corrected chi connectivity index (χ0v) is 22.8. The first-order valence-corrected chi connectivity index (χ1v) is 14.2. The number of guanidine groups is 1. The van der Waals surface area contributed by atoms with Gasteiger partial charge >= 0.3 is 0 Å². The van der Waals surface area contributed by atoms with Gasteiger partial charge in [-0.3, -0.25) is 15.0 Å². The van der Waals surface area contributed by atoms with E-state index in [0.29, 0.717) is 49.4 Å². The molecule has 2 amide bonds. The molecule has 1 aliphatic heterocycles. The van der Waals surface area contributed by atoms with Crippen molar-refractivity contribution in [2.75, 3.05) is 26.2 Å². The molecule has 6 N–H and O–H groups in total. The van der Waals surface area contributed by atoms with Crippen LogP contribution in [0.5, 0.6) is 0 Å². The normalized spacial score (nSPS) is 26.1. The van der Waals surface area contributed by atoms with E-state index in [1.807, 2.05) is 42.5 Å². The van der Waals surface area contributed by atoms with Gasteiger partial charge in [-0.2, -0.15) is 0 Å². The van der Waals surface area contributed by atoms with Gasteiger partial charge in [-0.25, -0.2) is 0 Å². The Kier molecular flexibility index (Phi) is 9.61. The largest absolute Gasteiger partial charge is 0.370 e. The highest BCUT2D eigenvalue weighted by molar-refractivity contribution is 5.98. The van der Waals surface area contributed by atoms with E-state index in [1.165, 1.54) is 19.3 Å². The van der Waals surface area contributed by atoms with Gasteiger partial charge in [0.15, 0.2) is 5.96 Å². The third-order valence-electron chi connectivity index (χ3n) is 8.05. The van der Waals surface area contributed by atoms with Crippen molar-refractivity contribution < 1.29 is 9.59 Å². The van der Waals surface area contributed by atoms with Crippen LogP contribution in [0.1, 0.15) is 62.7 Å². The summed E-state index contributed by atoms with van der Waals surface area (Å²) in [4.78, 5) is 28.7. The Balaban J connectivity index is 1.39. The third kappa shape index (κ3) is 7.69. The molecule has 2 unspecified atom stereocenters. The molecule has 206 valence electrons. The van der Waals surface area contributed by atoms with Crippen molar-refractivity contribution >= 4 is 28.5 Å². The minimum atomic E-state index is -0.313. The maximum absolute atomic E-state index is 13.6. The topological polar surface area (TPSA) is 123 Å². The summed E-state index contributed by atoms with van der Waals surface area (Å²) in [7, 11) is 0. The summed E-state index contributed by atoms with van der Waals surface area (Å²) in [5.41, 5.74) is 6.06. The van der Waals surface area contributed by atoms with Crippen LogP contribution in [0.3, 0.4) is 0 Å². The average Bonchev–Trinajstić information content (AvgIpc) is 3.03. The fourth-order valence-electron chi connectivity index (χ4n) is 6.38. The maximum Gasteiger partial charge on any atom is 0.251 e. The van der Waals surface area contributed by atoms with Crippen LogP contribution in [0.2, 0.25) is 0 Å². The minimum Gasteiger partial charge on any atom is -0.370 e. The summed E-state index contributed by atoms with van der Waals surface area (Å²) in [6, 6.07) is 13.5. The number of benzene rings is 2. The second-order valence-corrected chi connectivity index (χ2v) is 11.5. The molecule has 1 heterocycles. The predicted molar refractivity (Wildman–Crippen MR) is 153 cm³/mol. The SMILES string of the molecule is CC1CC(C)CC(CN2CC[C@@H](CNC(=O)c3ccc4ccccc4c3)N[C@@H](CCCNC(=N)N)C2=O)C1.